The molecule has 0 saturated carbocycles. The normalized spacial score (nSPS) is 20.7. The number of nitrogens with zero attached hydrogens (tertiary/aromatic N) is 1. The predicted octanol–water partition coefficient (Wildman–Crippen LogP) is 1.76. The zero-order valence-electron chi connectivity index (χ0n) is 18.8. The van der Waals surface area contributed by atoms with Gasteiger partial charge in [0.1, 0.15) is 6.04 Å². The number of carbonyl (C=O) groups excluding carboxylic acids is 3. The molecule has 0 aromatic heterocycles. The van der Waals surface area contributed by atoms with E-state index in [1.54, 1.807) is 7.05 Å². The molecule has 1 aliphatic rings. The van der Waals surface area contributed by atoms with Gasteiger partial charge in [0.05, 0.1) is 12.6 Å². The number of amides is 3. The quantitative estimate of drug-likeness (QED) is 0.681. The minimum Gasteiger partial charge on any atom is -0.350 e. The molecule has 1 aliphatic heterocycles. The fraction of sp³-hybridized carbons (Fsp3) is 0.400. The van der Waals surface area contributed by atoms with Crippen LogP contribution in [-0.4, -0.2) is 48.3 Å². The zero-order valence-corrected chi connectivity index (χ0v) is 18.8. The fourth-order valence-electron chi connectivity index (χ4n) is 3.86. The number of rotatable bonds is 4. The molecule has 0 unspecified atom stereocenters. The van der Waals surface area contributed by atoms with E-state index in [1.165, 1.54) is 4.90 Å². The SMILES string of the molecule is CCC[C@@H]1NCc2cccc(c2)CNC(=O)[C@@H](Cc2ccccc2)NC(=O)CN(C)C1=O. The molecule has 0 spiro atoms. The van der Waals surface area contributed by atoms with E-state index in [4.69, 9.17) is 0 Å². The number of likely N-dealkylation sites (N-methyl/N-ethyl adjacent to an activating group) is 1. The number of benzene rings is 2. The molecular formula is C25H32N4O3. The second kappa shape index (κ2) is 11.4. The van der Waals surface area contributed by atoms with E-state index in [9.17, 15) is 14.4 Å². The Bertz CT molecular complexity index is 932. The van der Waals surface area contributed by atoms with Gasteiger partial charge < -0.3 is 20.9 Å². The van der Waals surface area contributed by atoms with Crippen molar-refractivity contribution in [2.75, 3.05) is 13.6 Å². The molecule has 1 heterocycles. The molecule has 0 fully saturated rings. The monoisotopic (exact) mass is 436 g/mol. The Labute approximate surface area is 189 Å². The topological polar surface area (TPSA) is 90.5 Å². The summed E-state index contributed by atoms with van der Waals surface area (Å²) in [5.41, 5.74) is 2.95. The van der Waals surface area contributed by atoms with Crippen molar-refractivity contribution in [2.24, 2.45) is 0 Å². The van der Waals surface area contributed by atoms with E-state index in [-0.39, 0.29) is 30.3 Å². The van der Waals surface area contributed by atoms with Crippen molar-refractivity contribution in [2.45, 2.75) is 51.4 Å². The Morgan fingerprint density at radius 1 is 0.938 bits per heavy atom. The maximum atomic E-state index is 13.0. The van der Waals surface area contributed by atoms with Crippen molar-refractivity contribution in [1.82, 2.24) is 20.9 Å². The van der Waals surface area contributed by atoms with Crippen molar-refractivity contribution in [3.05, 3.63) is 71.3 Å². The highest BCUT2D eigenvalue weighted by atomic mass is 16.2. The molecule has 0 aliphatic carbocycles. The second-order valence-electron chi connectivity index (χ2n) is 8.26. The molecule has 2 aromatic carbocycles. The van der Waals surface area contributed by atoms with Gasteiger partial charge in [0.15, 0.2) is 0 Å². The molecule has 32 heavy (non-hydrogen) atoms. The summed E-state index contributed by atoms with van der Waals surface area (Å²) in [6.07, 6.45) is 1.90. The summed E-state index contributed by atoms with van der Waals surface area (Å²) in [5, 5.41) is 9.10. The number of carbonyl (C=O) groups is 3. The van der Waals surface area contributed by atoms with Crippen LogP contribution in [0.15, 0.2) is 54.6 Å². The number of hydrogen-bond acceptors (Lipinski definition) is 4. The third-order valence-electron chi connectivity index (χ3n) is 5.58. The maximum Gasteiger partial charge on any atom is 0.243 e. The van der Waals surface area contributed by atoms with Crippen molar-refractivity contribution >= 4 is 17.7 Å². The van der Waals surface area contributed by atoms with Crippen LogP contribution >= 0.6 is 0 Å². The summed E-state index contributed by atoms with van der Waals surface area (Å²) in [6.45, 7) is 2.83. The lowest BCUT2D eigenvalue weighted by Gasteiger charge is -2.25. The summed E-state index contributed by atoms with van der Waals surface area (Å²) >= 11 is 0. The number of hydrogen-bond donors (Lipinski definition) is 3. The Kier molecular flexibility index (Phi) is 8.39. The Morgan fingerprint density at radius 3 is 2.38 bits per heavy atom. The van der Waals surface area contributed by atoms with Crippen LogP contribution < -0.4 is 16.0 Å². The van der Waals surface area contributed by atoms with Gasteiger partial charge in [0.25, 0.3) is 0 Å². The number of fused-ring (bicyclic) bond motifs is 2. The molecule has 7 nitrogen and oxygen atoms in total. The summed E-state index contributed by atoms with van der Waals surface area (Å²) < 4.78 is 0. The minimum atomic E-state index is -0.730. The van der Waals surface area contributed by atoms with E-state index in [2.05, 4.69) is 16.0 Å². The molecule has 3 amide bonds. The lowest BCUT2D eigenvalue weighted by molar-refractivity contribution is -0.137. The highest BCUT2D eigenvalue weighted by molar-refractivity contribution is 5.91. The molecule has 2 atom stereocenters. The predicted molar refractivity (Wildman–Crippen MR) is 124 cm³/mol. The first-order valence-electron chi connectivity index (χ1n) is 11.1. The van der Waals surface area contributed by atoms with Crippen LogP contribution in [0.5, 0.6) is 0 Å². The van der Waals surface area contributed by atoms with Crippen LogP contribution in [0, 0.1) is 0 Å². The van der Waals surface area contributed by atoms with Gasteiger partial charge in [-0.05, 0) is 23.1 Å². The first kappa shape index (κ1) is 23.5. The molecule has 0 saturated heterocycles. The Balaban J connectivity index is 1.85. The highest BCUT2D eigenvalue weighted by Gasteiger charge is 2.26. The van der Waals surface area contributed by atoms with Crippen molar-refractivity contribution in [3.8, 4) is 0 Å². The van der Waals surface area contributed by atoms with Crippen molar-refractivity contribution < 1.29 is 14.4 Å². The van der Waals surface area contributed by atoms with Crippen LogP contribution in [0.2, 0.25) is 0 Å². The molecule has 2 aromatic rings. The van der Waals surface area contributed by atoms with Crippen molar-refractivity contribution in [3.63, 3.8) is 0 Å². The summed E-state index contributed by atoms with van der Waals surface area (Å²) in [5.74, 6) is -0.738. The van der Waals surface area contributed by atoms with Crippen LogP contribution in [0.1, 0.15) is 36.5 Å². The molecule has 3 N–H and O–H groups in total. The lowest BCUT2D eigenvalue weighted by Crippen LogP contribution is -2.52. The van der Waals surface area contributed by atoms with Gasteiger partial charge in [0, 0.05) is 26.6 Å². The second-order valence-corrected chi connectivity index (χ2v) is 8.26. The first-order chi connectivity index (χ1) is 15.5. The highest BCUT2D eigenvalue weighted by Crippen LogP contribution is 2.10. The molecule has 0 radical (unpaired) electrons. The van der Waals surface area contributed by atoms with Gasteiger partial charge in [-0.2, -0.15) is 0 Å². The fourth-order valence-corrected chi connectivity index (χ4v) is 3.86. The van der Waals surface area contributed by atoms with Gasteiger partial charge in [-0.1, -0.05) is 67.9 Å². The van der Waals surface area contributed by atoms with Gasteiger partial charge in [0.2, 0.25) is 17.7 Å². The lowest BCUT2D eigenvalue weighted by atomic mass is 10.0. The van der Waals surface area contributed by atoms with E-state index in [1.807, 2.05) is 61.5 Å². The van der Waals surface area contributed by atoms with Gasteiger partial charge in [-0.15, -0.1) is 0 Å². The van der Waals surface area contributed by atoms with Crippen LogP contribution in [-0.2, 0) is 33.9 Å². The Hall–Kier alpha value is -3.19. The summed E-state index contributed by atoms with van der Waals surface area (Å²) in [6, 6.07) is 16.4. The third kappa shape index (κ3) is 6.65. The minimum absolute atomic E-state index is 0.104. The largest absolute Gasteiger partial charge is 0.350 e. The Morgan fingerprint density at radius 2 is 1.66 bits per heavy atom. The third-order valence-corrected chi connectivity index (χ3v) is 5.58. The van der Waals surface area contributed by atoms with Gasteiger partial charge in [-0.3, -0.25) is 14.4 Å². The molecule has 3 rings (SSSR count). The molecular weight excluding hydrogens is 404 g/mol. The molecule has 170 valence electrons. The average molecular weight is 437 g/mol. The van der Waals surface area contributed by atoms with E-state index >= 15 is 0 Å². The van der Waals surface area contributed by atoms with E-state index in [0.29, 0.717) is 25.9 Å². The number of nitrogens with one attached hydrogen (secondary N) is 3. The van der Waals surface area contributed by atoms with Crippen molar-refractivity contribution in [1.29, 1.82) is 0 Å². The van der Waals surface area contributed by atoms with Gasteiger partial charge >= 0.3 is 0 Å². The van der Waals surface area contributed by atoms with Crippen LogP contribution in [0.25, 0.3) is 0 Å². The van der Waals surface area contributed by atoms with Gasteiger partial charge in [-0.25, -0.2) is 0 Å². The molecule has 7 heteroatoms. The molecule has 2 bridgehead atoms. The van der Waals surface area contributed by atoms with Crippen LogP contribution in [0.3, 0.4) is 0 Å². The van der Waals surface area contributed by atoms with Crippen LogP contribution in [0.4, 0.5) is 0 Å². The summed E-state index contributed by atoms with van der Waals surface area (Å²) in [4.78, 5) is 40.1. The maximum absolute atomic E-state index is 13.0. The average Bonchev–Trinajstić information content (AvgIpc) is 2.79. The first-order valence-corrected chi connectivity index (χ1v) is 11.1. The standard InChI is InChI=1S/C25H32N4O3/c1-3-8-21-25(32)29(2)17-23(30)28-22(14-18-9-5-4-6-10-18)24(31)27-16-20-12-7-11-19(13-20)15-26-21/h4-7,9-13,21-22,26H,3,8,14-17H2,1-2H3,(H,27,31)(H,28,30)/t21-,22+/m0/s1. The summed E-state index contributed by atoms with van der Waals surface area (Å²) in [7, 11) is 1.62. The zero-order chi connectivity index (χ0) is 22.9. The van der Waals surface area contributed by atoms with E-state index in [0.717, 1.165) is 23.1 Å². The van der Waals surface area contributed by atoms with E-state index < -0.39 is 6.04 Å². The smallest absolute Gasteiger partial charge is 0.243 e.